The molecule has 0 bridgehead atoms. The van der Waals surface area contributed by atoms with Gasteiger partial charge in [0.2, 0.25) is 0 Å². The zero-order chi connectivity index (χ0) is 23.6. The van der Waals surface area contributed by atoms with Crippen LogP contribution in [0.3, 0.4) is 0 Å². The second-order valence-corrected chi connectivity index (χ2v) is 8.91. The molecule has 0 fully saturated rings. The number of benzene rings is 2. The minimum absolute atomic E-state index is 0.216. The Morgan fingerprint density at radius 3 is 2.31 bits per heavy atom. The van der Waals surface area contributed by atoms with E-state index in [1.165, 1.54) is 32.4 Å². The molecule has 0 saturated heterocycles. The summed E-state index contributed by atoms with van der Waals surface area (Å²) in [6.45, 7) is -0.498. The number of hydrogen-bond acceptors (Lipinski definition) is 5. The highest BCUT2D eigenvalue weighted by atomic mass is 79.9. The molecule has 3 rings (SSSR count). The first-order valence-corrected chi connectivity index (χ1v) is 11.0. The van der Waals surface area contributed by atoms with Gasteiger partial charge < -0.3 is 9.47 Å². The van der Waals surface area contributed by atoms with Gasteiger partial charge in [0.15, 0.2) is 10.7 Å². The highest BCUT2D eigenvalue weighted by Gasteiger charge is 2.35. The van der Waals surface area contributed by atoms with Gasteiger partial charge in [-0.15, -0.1) is 0 Å². The van der Waals surface area contributed by atoms with E-state index in [4.69, 9.17) is 9.47 Å². The van der Waals surface area contributed by atoms with Crippen LogP contribution in [-0.2, 0) is 16.6 Å². The first-order chi connectivity index (χ1) is 15.1. The lowest BCUT2D eigenvalue weighted by molar-refractivity contribution is 0.391. The molecule has 6 nitrogen and oxygen atoms in total. The fourth-order valence-electron chi connectivity index (χ4n) is 2.84. The summed E-state index contributed by atoms with van der Waals surface area (Å²) in [6, 6.07) is 6.69. The zero-order valence-electron chi connectivity index (χ0n) is 16.6. The quantitative estimate of drug-likeness (QED) is 0.247. The van der Waals surface area contributed by atoms with Crippen molar-refractivity contribution in [2.24, 2.45) is 0 Å². The van der Waals surface area contributed by atoms with Crippen LogP contribution in [-0.4, -0.2) is 27.6 Å². The molecule has 0 aliphatic heterocycles. The number of aromatic nitrogens is 1. The predicted molar refractivity (Wildman–Crippen MR) is 111 cm³/mol. The van der Waals surface area contributed by atoms with Crippen LogP contribution in [0, 0.1) is 23.3 Å². The van der Waals surface area contributed by atoms with E-state index in [0.717, 1.165) is 18.3 Å². The second-order valence-electron chi connectivity index (χ2n) is 6.32. The van der Waals surface area contributed by atoms with Gasteiger partial charge in [0.1, 0.15) is 34.8 Å². The Balaban J connectivity index is 2.21. The number of halogens is 5. The normalized spacial score (nSPS) is 11.3. The summed E-state index contributed by atoms with van der Waals surface area (Å²) >= 11 is 2.58. The van der Waals surface area contributed by atoms with E-state index >= 15 is 0 Å². The fourth-order valence-corrected chi connectivity index (χ4v) is 4.80. The molecule has 32 heavy (non-hydrogen) atoms. The lowest BCUT2D eigenvalue weighted by Gasteiger charge is -2.25. The Morgan fingerprint density at radius 2 is 1.72 bits per heavy atom. The average Bonchev–Trinajstić information content (AvgIpc) is 2.76. The predicted octanol–water partition coefficient (Wildman–Crippen LogP) is 4.81. The lowest BCUT2D eigenvalue weighted by atomic mass is 10.2. The summed E-state index contributed by atoms with van der Waals surface area (Å²) in [5.41, 5.74) is 0.282. The molecule has 0 amide bonds. The number of methoxy groups -OCH3 is 2. The van der Waals surface area contributed by atoms with E-state index in [1.807, 2.05) is 0 Å². The number of pyridine rings is 1. The monoisotopic (exact) mass is 534 g/mol. The van der Waals surface area contributed by atoms with Crippen molar-refractivity contribution in [2.75, 3.05) is 18.5 Å². The Kier molecular flexibility index (Phi) is 6.94. The summed E-state index contributed by atoms with van der Waals surface area (Å²) in [6.07, 6.45) is 0.746. The number of anilines is 1. The van der Waals surface area contributed by atoms with Crippen molar-refractivity contribution in [1.82, 2.24) is 4.98 Å². The van der Waals surface area contributed by atoms with E-state index in [0.29, 0.717) is 10.1 Å². The van der Waals surface area contributed by atoms with Gasteiger partial charge in [-0.25, -0.2) is 35.3 Å². The van der Waals surface area contributed by atoms with Crippen LogP contribution in [0.1, 0.15) is 5.56 Å². The molecule has 0 aliphatic carbocycles. The summed E-state index contributed by atoms with van der Waals surface area (Å²) < 4.78 is 93.0. The maximum absolute atomic E-state index is 14.7. The maximum atomic E-state index is 14.7. The minimum Gasteiger partial charge on any atom is -0.497 e. The lowest BCUT2D eigenvalue weighted by Crippen LogP contribution is -2.33. The van der Waals surface area contributed by atoms with Gasteiger partial charge in [0.25, 0.3) is 10.0 Å². The minimum atomic E-state index is -4.99. The summed E-state index contributed by atoms with van der Waals surface area (Å²) in [7, 11) is -2.23. The van der Waals surface area contributed by atoms with Crippen molar-refractivity contribution < 1.29 is 35.5 Å². The van der Waals surface area contributed by atoms with Gasteiger partial charge >= 0.3 is 0 Å². The molecule has 170 valence electrons. The van der Waals surface area contributed by atoms with E-state index in [1.54, 1.807) is 0 Å². The third-order valence-electron chi connectivity index (χ3n) is 4.40. The number of nitrogens with zero attached hydrogens (tertiary/aromatic N) is 2. The first kappa shape index (κ1) is 23.8. The Labute approximate surface area is 189 Å². The van der Waals surface area contributed by atoms with Gasteiger partial charge in [-0.3, -0.25) is 0 Å². The van der Waals surface area contributed by atoms with E-state index in [2.05, 4.69) is 20.9 Å². The van der Waals surface area contributed by atoms with Crippen LogP contribution < -0.4 is 13.8 Å². The van der Waals surface area contributed by atoms with Gasteiger partial charge in [0.05, 0.1) is 31.4 Å². The van der Waals surface area contributed by atoms with E-state index in [9.17, 15) is 26.0 Å². The summed E-state index contributed by atoms with van der Waals surface area (Å²) in [4.78, 5) is 2.33. The van der Waals surface area contributed by atoms with E-state index in [-0.39, 0.29) is 23.2 Å². The molecule has 12 heteroatoms. The third kappa shape index (κ3) is 4.51. The summed E-state index contributed by atoms with van der Waals surface area (Å²) in [5.74, 6) is -5.07. The van der Waals surface area contributed by atoms with Crippen molar-refractivity contribution in [2.45, 2.75) is 11.4 Å². The van der Waals surface area contributed by atoms with Crippen molar-refractivity contribution in [3.63, 3.8) is 0 Å². The molecule has 1 heterocycles. The van der Waals surface area contributed by atoms with Crippen LogP contribution in [0.15, 0.2) is 52.0 Å². The maximum Gasteiger partial charge on any atom is 0.271 e. The molecule has 1 aromatic heterocycles. The van der Waals surface area contributed by atoms with E-state index < -0.39 is 49.2 Å². The Morgan fingerprint density at radius 1 is 1.00 bits per heavy atom. The number of rotatable bonds is 7. The van der Waals surface area contributed by atoms with Gasteiger partial charge in [-0.1, -0.05) is 0 Å². The number of hydrogen-bond donors (Lipinski definition) is 0. The van der Waals surface area contributed by atoms with Crippen LogP contribution in [0.4, 0.5) is 23.4 Å². The van der Waals surface area contributed by atoms with Gasteiger partial charge in [-0.05, 0) is 40.2 Å². The molecular formula is C20H15BrF4N2O4S. The molecule has 3 aromatic rings. The first-order valence-electron chi connectivity index (χ1n) is 8.78. The molecule has 2 aromatic carbocycles. The van der Waals surface area contributed by atoms with Crippen LogP contribution >= 0.6 is 15.9 Å². The number of ether oxygens (including phenoxy) is 2. The van der Waals surface area contributed by atoms with Gasteiger partial charge in [-0.2, -0.15) is 0 Å². The molecule has 0 saturated carbocycles. The molecule has 0 radical (unpaired) electrons. The molecule has 0 N–H and O–H groups in total. The van der Waals surface area contributed by atoms with Crippen LogP contribution in [0.2, 0.25) is 0 Å². The molecule has 0 unspecified atom stereocenters. The number of sulfonamides is 1. The van der Waals surface area contributed by atoms with Gasteiger partial charge in [0, 0.05) is 17.7 Å². The largest absolute Gasteiger partial charge is 0.497 e. The molecular weight excluding hydrogens is 520 g/mol. The third-order valence-corrected chi connectivity index (χ3v) is 6.91. The average molecular weight is 535 g/mol. The SMILES string of the molecule is COc1ccc(CN(c2ccc(F)cn2)S(=O)(=O)c2c(F)cc(F)c(Br)c2F)c(OC)c1. The summed E-state index contributed by atoms with van der Waals surface area (Å²) in [5, 5.41) is 0. The Bertz CT molecular complexity index is 1260. The highest BCUT2D eigenvalue weighted by molar-refractivity contribution is 9.10. The van der Waals surface area contributed by atoms with Crippen molar-refractivity contribution in [3.8, 4) is 11.5 Å². The van der Waals surface area contributed by atoms with Crippen LogP contribution in [0.25, 0.3) is 0 Å². The van der Waals surface area contributed by atoms with Crippen molar-refractivity contribution in [1.29, 1.82) is 0 Å². The Hall–Kier alpha value is -2.86. The standard InChI is InChI=1S/C20H15BrF4N2O4S/c1-30-13-5-3-11(16(7-13)31-2)10-27(17-6-4-12(22)9-26-17)32(28,29)20-15(24)8-14(23)18(21)19(20)25/h3-9H,10H2,1-2H3. The molecule has 0 atom stereocenters. The van der Waals surface area contributed by atoms with Crippen LogP contribution in [0.5, 0.6) is 11.5 Å². The van der Waals surface area contributed by atoms with Crippen molar-refractivity contribution in [3.05, 3.63) is 75.9 Å². The smallest absolute Gasteiger partial charge is 0.271 e. The fraction of sp³-hybridized carbons (Fsp3) is 0.150. The van der Waals surface area contributed by atoms with Crippen molar-refractivity contribution >= 4 is 31.8 Å². The molecule has 0 aliphatic rings. The zero-order valence-corrected chi connectivity index (χ0v) is 19.0. The molecule has 0 spiro atoms. The highest BCUT2D eigenvalue weighted by Crippen LogP contribution is 2.34. The topological polar surface area (TPSA) is 68.7 Å². The second kappa shape index (κ2) is 9.33.